The van der Waals surface area contributed by atoms with Crippen LogP contribution in [0.1, 0.15) is 89.8 Å². The van der Waals surface area contributed by atoms with E-state index in [2.05, 4.69) is 31.1 Å². The molecule has 2 rings (SSSR count). The predicted molar refractivity (Wildman–Crippen MR) is 118 cm³/mol. The van der Waals surface area contributed by atoms with Gasteiger partial charge in [-0.2, -0.15) is 0 Å². The molecule has 0 N–H and O–H groups in total. The van der Waals surface area contributed by atoms with E-state index in [-0.39, 0.29) is 5.69 Å². The van der Waals surface area contributed by atoms with Gasteiger partial charge in [0.25, 0.3) is 0 Å². The number of rotatable bonds is 12. The molecule has 0 saturated heterocycles. The van der Waals surface area contributed by atoms with Gasteiger partial charge < -0.3 is 0 Å². The number of aromatic nitrogens is 3. The Morgan fingerprint density at radius 1 is 0.900 bits per heavy atom. The van der Waals surface area contributed by atoms with Crippen molar-refractivity contribution in [1.82, 2.24) is 15.0 Å². The molecule has 30 heavy (non-hydrogen) atoms. The van der Waals surface area contributed by atoms with Crippen LogP contribution in [0.15, 0.2) is 24.3 Å². The van der Waals surface area contributed by atoms with Crippen LogP contribution in [0, 0.1) is 6.92 Å². The van der Waals surface area contributed by atoms with Crippen molar-refractivity contribution in [2.75, 3.05) is 0 Å². The molecule has 0 unspecified atom stereocenters. The molecule has 166 valence electrons. The van der Waals surface area contributed by atoms with E-state index in [1.165, 1.54) is 74.6 Å². The van der Waals surface area contributed by atoms with E-state index in [0.29, 0.717) is 3.43 Å². The molecule has 0 aliphatic heterocycles. The van der Waals surface area contributed by atoms with E-state index in [0.717, 1.165) is 15.5 Å². The maximum absolute atomic E-state index is 13.5. The third-order valence-corrected chi connectivity index (χ3v) is 11.4. The van der Waals surface area contributed by atoms with Crippen LogP contribution < -0.4 is 3.71 Å². The molecular formula is C23H34F3N3Sn. The number of alkyl halides is 3. The number of hydrogen-bond donors (Lipinski definition) is 0. The molecule has 0 bridgehead atoms. The molecule has 0 atom stereocenters. The van der Waals surface area contributed by atoms with Crippen molar-refractivity contribution in [3.05, 3.63) is 35.5 Å². The molecule has 1 aromatic carbocycles. The normalized spacial score (nSPS) is 12.5. The number of benzene rings is 1. The van der Waals surface area contributed by atoms with Crippen LogP contribution in [0.25, 0.3) is 5.69 Å². The van der Waals surface area contributed by atoms with Crippen LogP contribution in [0.5, 0.6) is 0 Å². The maximum atomic E-state index is 13.5. The zero-order valence-corrected chi connectivity index (χ0v) is 21.5. The summed E-state index contributed by atoms with van der Waals surface area (Å²) in [5.41, 5.74) is 0.193. The summed E-state index contributed by atoms with van der Waals surface area (Å²) >= 11 is -1.16. The first kappa shape index (κ1) is 25.2. The molecule has 1 heterocycles. The molecule has 1 aromatic heterocycles. The second-order valence-electron chi connectivity index (χ2n) is 8.17. The first-order chi connectivity index (χ1) is 14.3. The van der Waals surface area contributed by atoms with Gasteiger partial charge in [-0.25, -0.2) is 0 Å². The van der Waals surface area contributed by atoms with Gasteiger partial charge in [-0.3, -0.25) is 0 Å². The zero-order chi connectivity index (χ0) is 22.2. The first-order valence-electron chi connectivity index (χ1n) is 11.1. The Morgan fingerprint density at radius 2 is 1.43 bits per heavy atom. The fraction of sp³-hybridized carbons (Fsp3) is 0.652. The Morgan fingerprint density at radius 3 is 1.93 bits per heavy atom. The fourth-order valence-corrected chi connectivity index (χ4v) is 9.04. The van der Waals surface area contributed by atoms with Crippen LogP contribution in [0.3, 0.4) is 0 Å². The number of hydrogen-bond acceptors (Lipinski definition) is 2. The summed E-state index contributed by atoms with van der Waals surface area (Å²) in [7, 11) is 0. The minimum atomic E-state index is -4.41. The number of unbranched alkanes of at least 4 members (excludes halogenated alkanes) is 3. The fourth-order valence-electron chi connectivity index (χ4n) is 3.93. The molecule has 7 heteroatoms. The molecule has 0 spiro atoms. The van der Waals surface area contributed by atoms with E-state index >= 15 is 0 Å². The summed E-state index contributed by atoms with van der Waals surface area (Å²) in [4.78, 5) is 0. The Kier molecular flexibility index (Phi) is 9.69. The number of halogens is 3. The molecule has 3 nitrogen and oxygen atoms in total. The second-order valence-corrected chi connectivity index (χ2v) is 13.3. The van der Waals surface area contributed by atoms with Gasteiger partial charge in [0.05, 0.1) is 0 Å². The van der Waals surface area contributed by atoms with Crippen molar-refractivity contribution in [2.24, 2.45) is 0 Å². The number of para-hydroxylation sites is 1. The zero-order valence-electron chi connectivity index (χ0n) is 18.6. The Hall–Kier alpha value is -1.05. The van der Waals surface area contributed by atoms with Crippen molar-refractivity contribution in [1.29, 1.82) is 0 Å². The minimum absolute atomic E-state index is 0.0712. The molecule has 2 radical (unpaired) electrons. The topological polar surface area (TPSA) is 30.7 Å². The van der Waals surface area contributed by atoms with Crippen LogP contribution in [0.2, 0.25) is 3.43 Å². The van der Waals surface area contributed by atoms with Gasteiger partial charge in [0.15, 0.2) is 0 Å². The van der Waals surface area contributed by atoms with Crippen molar-refractivity contribution < 1.29 is 13.2 Å². The average molecular weight is 528 g/mol. The third kappa shape index (κ3) is 6.47. The predicted octanol–water partition coefficient (Wildman–Crippen LogP) is 6.65. The molecule has 0 aliphatic rings. The van der Waals surface area contributed by atoms with Gasteiger partial charge in [-0.05, 0) is 0 Å². The molecule has 0 fully saturated rings. The van der Waals surface area contributed by atoms with Gasteiger partial charge in [0, 0.05) is 0 Å². The average Bonchev–Trinajstić information content (AvgIpc) is 3.08. The summed E-state index contributed by atoms with van der Waals surface area (Å²) in [5, 5.41) is 8.64. The van der Waals surface area contributed by atoms with Gasteiger partial charge in [0.1, 0.15) is 0 Å². The summed E-state index contributed by atoms with van der Waals surface area (Å²) in [6.45, 7) is 8.56. The summed E-state index contributed by atoms with van der Waals surface area (Å²) < 4.78 is 43.3. The molecular weight excluding hydrogens is 494 g/mol. The van der Waals surface area contributed by atoms with Crippen molar-refractivity contribution >= 4 is 24.9 Å². The van der Waals surface area contributed by atoms with Gasteiger partial charge in [-0.1, -0.05) is 0 Å². The third-order valence-electron chi connectivity index (χ3n) is 5.74. The SMILES string of the molecule is CCCC[C](CCCC)(CCCC)[Sn][c]1nnn(-c2ccccc2C(F)(F)F)c1C. The van der Waals surface area contributed by atoms with Gasteiger partial charge in [0.2, 0.25) is 0 Å². The van der Waals surface area contributed by atoms with Crippen molar-refractivity contribution in [3.8, 4) is 5.69 Å². The van der Waals surface area contributed by atoms with E-state index in [1.807, 2.05) is 6.92 Å². The van der Waals surface area contributed by atoms with Crippen LogP contribution >= 0.6 is 0 Å². The summed E-state index contributed by atoms with van der Waals surface area (Å²) in [6.07, 6.45) is 6.35. The number of nitrogens with zero attached hydrogens (tertiary/aromatic N) is 3. The van der Waals surface area contributed by atoms with E-state index in [4.69, 9.17) is 0 Å². The standard InChI is InChI=1S/C13H27.C10H7F3N3.Sn/c1-4-7-10-13(11-8-5-2)12-9-6-3;1-7-6-14-15-16(7)9-5-3-2-4-8(9)10(11,12)13;/h4-12H2,1-3H3;2-5H,1H3;. The second kappa shape index (κ2) is 11.5. The van der Waals surface area contributed by atoms with Gasteiger partial charge >= 0.3 is 189 Å². The van der Waals surface area contributed by atoms with Crippen LogP contribution in [-0.2, 0) is 6.18 Å². The first-order valence-corrected chi connectivity index (χ1v) is 14.0. The summed E-state index contributed by atoms with van der Waals surface area (Å²) in [6, 6.07) is 5.64. The Labute approximate surface area is 189 Å². The van der Waals surface area contributed by atoms with E-state index in [9.17, 15) is 13.2 Å². The molecule has 0 amide bonds. The molecule has 0 aliphatic carbocycles. The Bertz CT molecular complexity index is 764. The summed E-state index contributed by atoms with van der Waals surface area (Å²) in [5.74, 6) is 0. The molecule has 2 aromatic rings. The quantitative estimate of drug-likeness (QED) is 0.289. The van der Waals surface area contributed by atoms with Crippen molar-refractivity contribution in [3.63, 3.8) is 0 Å². The van der Waals surface area contributed by atoms with Crippen molar-refractivity contribution in [2.45, 2.75) is 95.1 Å². The van der Waals surface area contributed by atoms with Gasteiger partial charge in [-0.15, -0.1) is 0 Å². The van der Waals surface area contributed by atoms with Crippen LogP contribution in [-0.4, -0.2) is 36.1 Å². The van der Waals surface area contributed by atoms with Crippen LogP contribution in [0.4, 0.5) is 13.2 Å². The Balaban J connectivity index is 2.41. The monoisotopic (exact) mass is 529 g/mol. The van der Waals surface area contributed by atoms with E-state index < -0.39 is 32.9 Å². The van der Waals surface area contributed by atoms with E-state index in [1.54, 1.807) is 6.07 Å². The molecule has 0 saturated carbocycles.